The summed E-state index contributed by atoms with van der Waals surface area (Å²) in [6, 6.07) is 2.05. The lowest BCUT2D eigenvalue weighted by molar-refractivity contribution is 0.644. The van der Waals surface area contributed by atoms with Gasteiger partial charge in [0.25, 0.3) is 0 Å². The average molecular weight is 198 g/mol. The van der Waals surface area contributed by atoms with Gasteiger partial charge in [-0.2, -0.15) is 16.9 Å². The monoisotopic (exact) mass is 198 g/mol. The Morgan fingerprint density at radius 1 is 1.54 bits per heavy atom. The molecule has 0 unspecified atom stereocenters. The Kier molecular flexibility index (Phi) is 4.36. The predicted molar refractivity (Wildman–Crippen MR) is 59.1 cm³/mol. The lowest BCUT2D eigenvalue weighted by atomic mass is 10.3. The molecule has 0 atom stereocenters. The van der Waals surface area contributed by atoms with Crippen LogP contribution in [0.1, 0.15) is 19.5 Å². The normalized spacial score (nSPS) is 11.1. The second kappa shape index (κ2) is 5.32. The van der Waals surface area contributed by atoms with Gasteiger partial charge in [-0.1, -0.05) is 13.8 Å². The SMILES string of the molecule is Cc1ccnn1CCSCC(C)C. The Balaban J connectivity index is 2.17. The Morgan fingerprint density at radius 2 is 2.31 bits per heavy atom. The summed E-state index contributed by atoms with van der Waals surface area (Å²) < 4.78 is 2.06. The highest BCUT2D eigenvalue weighted by Gasteiger charge is 1.97. The molecule has 0 aliphatic carbocycles. The van der Waals surface area contributed by atoms with Gasteiger partial charge in [0.1, 0.15) is 0 Å². The van der Waals surface area contributed by atoms with Crippen molar-refractivity contribution in [1.82, 2.24) is 9.78 Å². The van der Waals surface area contributed by atoms with E-state index >= 15 is 0 Å². The summed E-state index contributed by atoms with van der Waals surface area (Å²) in [5, 5.41) is 4.24. The first-order valence-electron chi connectivity index (χ1n) is 4.76. The first-order chi connectivity index (χ1) is 6.20. The molecule has 0 bridgehead atoms. The fourth-order valence-electron chi connectivity index (χ4n) is 1.10. The molecule has 0 spiro atoms. The van der Waals surface area contributed by atoms with E-state index in [2.05, 4.69) is 30.6 Å². The number of nitrogens with zero attached hydrogens (tertiary/aromatic N) is 2. The van der Waals surface area contributed by atoms with E-state index in [9.17, 15) is 0 Å². The van der Waals surface area contributed by atoms with Crippen LogP contribution in [0.15, 0.2) is 12.3 Å². The van der Waals surface area contributed by atoms with Crippen molar-refractivity contribution in [2.24, 2.45) is 5.92 Å². The number of hydrogen-bond donors (Lipinski definition) is 0. The smallest absolute Gasteiger partial charge is 0.0502 e. The van der Waals surface area contributed by atoms with Crippen molar-refractivity contribution >= 4 is 11.8 Å². The number of rotatable bonds is 5. The molecule has 1 aromatic heterocycles. The minimum absolute atomic E-state index is 0.795. The quantitative estimate of drug-likeness (QED) is 0.677. The van der Waals surface area contributed by atoms with E-state index in [1.165, 1.54) is 17.2 Å². The fourth-order valence-corrected chi connectivity index (χ4v) is 2.04. The van der Waals surface area contributed by atoms with Crippen LogP contribution in [0.5, 0.6) is 0 Å². The molecule has 1 heterocycles. The summed E-state index contributed by atoms with van der Waals surface area (Å²) in [6.07, 6.45) is 1.86. The number of thioether (sulfide) groups is 1. The van der Waals surface area contributed by atoms with Gasteiger partial charge in [-0.05, 0) is 24.7 Å². The van der Waals surface area contributed by atoms with E-state index in [1.54, 1.807) is 0 Å². The highest BCUT2D eigenvalue weighted by atomic mass is 32.2. The molecule has 0 radical (unpaired) electrons. The van der Waals surface area contributed by atoms with E-state index in [0.29, 0.717) is 0 Å². The molecule has 0 aromatic carbocycles. The first kappa shape index (κ1) is 10.6. The zero-order valence-corrected chi connectivity index (χ0v) is 9.47. The van der Waals surface area contributed by atoms with Gasteiger partial charge in [0.15, 0.2) is 0 Å². The van der Waals surface area contributed by atoms with Crippen LogP contribution in [0, 0.1) is 12.8 Å². The van der Waals surface area contributed by atoms with Crippen LogP contribution < -0.4 is 0 Å². The Bertz CT molecular complexity index is 243. The second-order valence-corrected chi connectivity index (χ2v) is 4.81. The molecule has 0 N–H and O–H groups in total. The van der Waals surface area contributed by atoms with E-state index in [1.807, 2.05) is 24.0 Å². The third kappa shape index (κ3) is 3.85. The van der Waals surface area contributed by atoms with Crippen molar-refractivity contribution in [3.8, 4) is 0 Å². The van der Waals surface area contributed by atoms with Gasteiger partial charge >= 0.3 is 0 Å². The summed E-state index contributed by atoms with van der Waals surface area (Å²) >= 11 is 2.01. The lowest BCUT2D eigenvalue weighted by Gasteiger charge is -2.05. The minimum atomic E-state index is 0.795. The van der Waals surface area contributed by atoms with Crippen molar-refractivity contribution in [2.45, 2.75) is 27.3 Å². The van der Waals surface area contributed by atoms with Crippen molar-refractivity contribution in [1.29, 1.82) is 0 Å². The van der Waals surface area contributed by atoms with Gasteiger partial charge in [0.2, 0.25) is 0 Å². The van der Waals surface area contributed by atoms with Crippen LogP contribution in [-0.4, -0.2) is 21.3 Å². The maximum atomic E-state index is 4.24. The van der Waals surface area contributed by atoms with E-state index in [4.69, 9.17) is 0 Å². The molecule has 0 aliphatic heterocycles. The third-order valence-corrected chi connectivity index (χ3v) is 3.20. The first-order valence-corrected chi connectivity index (χ1v) is 5.92. The van der Waals surface area contributed by atoms with Crippen LogP contribution >= 0.6 is 11.8 Å². The highest BCUT2D eigenvalue weighted by Crippen LogP contribution is 2.08. The topological polar surface area (TPSA) is 17.8 Å². The van der Waals surface area contributed by atoms with E-state index in [0.717, 1.165) is 12.5 Å². The molecule has 0 saturated carbocycles. The minimum Gasteiger partial charge on any atom is -0.269 e. The van der Waals surface area contributed by atoms with Crippen molar-refractivity contribution < 1.29 is 0 Å². The number of hydrogen-bond acceptors (Lipinski definition) is 2. The Hall–Kier alpha value is -0.440. The molecular formula is C10H18N2S. The van der Waals surface area contributed by atoms with Gasteiger partial charge in [-0.3, -0.25) is 4.68 Å². The van der Waals surface area contributed by atoms with Gasteiger partial charge in [0.05, 0.1) is 6.54 Å². The van der Waals surface area contributed by atoms with Crippen molar-refractivity contribution in [3.63, 3.8) is 0 Å². The fraction of sp³-hybridized carbons (Fsp3) is 0.700. The van der Waals surface area contributed by atoms with Crippen LogP contribution in [0.2, 0.25) is 0 Å². The molecule has 3 heteroatoms. The summed E-state index contributed by atoms with van der Waals surface area (Å²) in [7, 11) is 0. The van der Waals surface area contributed by atoms with Crippen molar-refractivity contribution in [2.75, 3.05) is 11.5 Å². The largest absolute Gasteiger partial charge is 0.269 e. The molecule has 13 heavy (non-hydrogen) atoms. The molecule has 1 aromatic rings. The second-order valence-electron chi connectivity index (χ2n) is 3.66. The van der Waals surface area contributed by atoms with Crippen LogP contribution in [-0.2, 0) is 6.54 Å². The Labute approximate surface area is 84.7 Å². The van der Waals surface area contributed by atoms with Gasteiger partial charge < -0.3 is 0 Å². The standard InChI is InChI=1S/C10H18N2S/c1-9(2)8-13-7-6-12-10(3)4-5-11-12/h4-5,9H,6-8H2,1-3H3. The maximum Gasteiger partial charge on any atom is 0.0502 e. The summed E-state index contributed by atoms with van der Waals surface area (Å²) in [6.45, 7) is 7.65. The third-order valence-electron chi connectivity index (χ3n) is 1.83. The zero-order chi connectivity index (χ0) is 9.68. The molecular weight excluding hydrogens is 180 g/mol. The highest BCUT2D eigenvalue weighted by molar-refractivity contribution is 7.99. The molecule has 0 amide bonds. The van der Waals surface area contributed by atoms with Crippen molar-refractivity contribution in [3.05, 3.63) is 18.0 Å². The molecule has 74 valence electrons. The van der Waals surface area contributed by atoms with E-state index in [-0.39, 0.29) is 0 Å². The summed E-state index contributed by atoms with van der Waals surface area (Å²) in [4.78, 5) is 0. The Morgan fingerprint density at radius 3 is 2.85 bits per heavy atom. The van der Waals surface area contributed by atoms with Crippen LogP contribution in [0.25, 0.3) is 0 Å². The molecule has 1 rings (SSSR count). The molecule has 0 fully saturated rings. The van der Waals surface area contributed by atoms with Crippen LogP contribution in [0.3, 0.4) is 0 Å². The molecule has 0 aliphatic rings. The maximum absolute atomic E-state index is 4.24. The van der Waals surface area contributed by atoms with Gasteiger partial charge in [0, 0.05) is 17.6 Å². The van der Waals surface area contributed by atoms with Crippen LogP contribution in [0.4, 0.5) is 0 Å². The average Bonchev–Trinajstić information content (AvgIpc) is 2.45. The summed E-state index contributed by atoms with van der Waals surface area (Å²) in [5.74, 6) is 3.21. The molecule has 2 nitrogen and oxygen atoms in total. The predicted octanol–water partition coefficient (Wildman–Crippen LogP) is 2.58. The molecule has 0 saturated heterocycles. The lowest BCUT2D eigenvalue weighted by Crippen LogP contribution is -2.05. The zero-order valence-electron chi connectivity index (χ0n) is 8.66. The van der Waals surface area contributed by atoms with E-state index < -0.39 is 0 Å². The summed E-state index contributed by atoms with van der Waals surface area (Å²) in [5.41, 5.74) is 1.25. The number of aryl methyl sites for hydroxylation is 2. The van der Waals surface area contributed by atoms with Gasteiger partial charge in [-0.25, -0.2) is 0 Å². The van der Waals surface area contributed by atoms with Gasteiger partial charge in [-0.15, -0.1) is 0 Å². The number of aromatic nitrogens is 2.